The fourth-order valence-corrected chi connectivity index (χ4v) is 2.41. The van der Waals surface area contributed by atoms with Gasteiger partial charge in [-0.15, -0.1) is 0 Å². The highest BCUT2D eigenvalue weighted by Crippen LogP contribution is 2.22. The maximum Gasteiger partial charge on any atom is 0.290 e. The molecule has 9 heteroatoms. The van der Waals surface area contributed by atoms with Crippen molar-refractivity contribution in [2.24, 2.45) is 11.7 Å². The predicted molar refractivity (Wildman–Crippen MR) is 108 cm³/mol. The number of rotatable bonds is 7. The van der Waals surface area contributed by atoms with Crippen molar-refractivity contribution in [2.45, 2.75) is 45.8 Å². The van der Waals surface area contributed by atoms with Crippen molar-refractivity contribution in [3.63, 3.8) is 0 Å². The van der Waals surface area contributed by atoms with Gasteiger partial charge in [-0.2, -0.15) is 0 Å². The van der Waals surface area contributed by atoms with Crippen LogP contribution in [0.5, 0.6) is 0 Å². The van der Waals surface area contributed by atoms with Gasteiger partial charge in [0.1, 0.15) is 12.1 Å². The molecular formula is C20H28N4O5. The highest BCUT2D eigenvalue weighted by atomic mass is 16.4. The van der Waals surface area contributed by atoms with E-state index in [0.717, 1.165) is 5.56 Å². The number of nitrogens with zero attached hydrogens (tertiary/aromatic N) is 1. The van der Waals surface area contributed by atoms with Crippen molar-refractivity contribution in [3.8, 4) is 11.3 Å². The van der Waals surface area contributed by atoms with Gasteiger partial charge in [-0.3, -0.25) is 14.4 Å². The number of carbonyl (C=O) groups is 3. The summed E-state index contributed by atoms with van der Waals surface area (Å²) in [6, 6.07) is 7.80. The molecule has 0 aliphatic carbocycles. The first kappa shape index (κ1) is 23.8. The second-order valence-electron chi connectivity index (χ2n) is 6.78. The molecule has 0 saturated carbocycles. The summed E-state index contributed by atoms with van der Waals surface area (Å²) in [5.74, 6) is 0.273. The molecule has 1 aromatic heterocycles. The van der Waals surface area contributed by atoms with E-state index in [0.29, 0.717) is 11.7 Å². The van der Waals surface area contributed by atoms with Crippen molar-refractivity contribution in [2.75, 3.05) is 0 Å². The third-order valence-electron chi connectivity index (χ3n) is 3.97. The quantitative estimate of drug-likeness (QED) is 0.513. The summed E-state index contributed by atoms with van der Waals surface area (Å²) in [7, 11) is 0. The lowest BCUT2D eigenvalue weighted by atomic mass is 10.0. The molecule has 0 fully saturated rings. The molecular weight excluding hydrogens is 376 g/mol. The molecule has 29 heavy (non-hydrogen) atoms. The summed E-state index contributed by atoms with van der Waals surface area (Å²) in [4.78, 5) is 37.0. The third-order valence-corrected chi connectivity index (χ3v) is 3.97. The molecule has 2 aromatic rings. The maximum atomic E-state index is 12.6. The molecule has 0 spiro atoms. The van der Waals surface area contributed by atoms with Gasteiger partial charge in [0, 0.05) is 5.56 Å². The summed E-state index contributed by atoms with van der Waals surface area (Å²) in [6.45, 7) is 6.82. The molecule has 0 unspecified atom stereocenters. The fraction of sp³-hybridized carbons (Fsp3) is 0.400. The van der Waals surface area contributed by atoms with Crippen molar-refractivity contribution in [1.82, 2.24) is 15.6 Å². The lowest BCUT2D eigenvalue weighted by Gasteiger charge is -2.24. The van der Waals surface area contributed by atoms with Crippen LogP contribution in [0, 0.1) is 5.92 Å². The molecule has 2 amide bonds. The first-order valence-electron chi connectivity index (χ1n) is 9.16. The van der Waals surface area contributed by atoms with Crippen LogP contribution < -0.4 is 16.4 Å². The molecule has 0 saturated heterocycles. The van der Waals surface area contributed by atoms with Crippen molar-refractivity contribution < 1.29 is 23.9 Å². The summed E-state index contributed by atoms with van der Waals surface area (Å²) in [5, 5.41) is 12.4. The van der Waals surface area contributed by atoms with E-state index < -0.39 is 18.1 Å². The predicted octanol–water partition coefficient (Wildman–Crippen LogP) is 1.71. The molecule has 3 atom stereocenters. The zero-order valence-electron chi connectivity index (χ0n) is 17.0. The number of amides is 2. The lowest BCUT2D eigenvalue weighted by Crippen LogP contribution is -2.53. The zero-order chi connectivity index (χ0) is 22.0. The van der Waals surface area contributed by atoms with E-state index in [2.05, 4.69) is 15.6 Å². The van der Waals surface area contributed by atoms with Gasteiger partial charge in [-0.05, 0) is 19.8 Å². The molecule has 0 radical (unpaired) electrons. The van der Waals surface area contributed by atoms with Crippen molar-refractivity contribution in [1.29, 1.82) is 0 Å². The molecule has 0 bridgehead atoms. The minimum Gasteiger partial charge on any atom is -0.483 e. The van der Waals surface area contributed by atoms with Gasteiger partial charge in [-0.25, -0.2) is 4.98 Å². The average molecular weight is 404 g/mol. The van der Waals surface area contributed by atoms with Gasteiger partial charge < -0.3 is 25.9 Å². The van der Waals surface area contributed by atoms with E-state index in [1.165, 1.54) is 0 Å². The molecule has 1 aromatic carbocycles. The van der Waals surface area contributed by atoms with Crippen LogP contribution >= 0.6 is 0 Å². The van der Waals surface area contributed by atoms with Crippen LogP contribution in [0.1, 0.15) is 39.6 Å². The minimum atomic E-state index is -0.681. The second-order valence-corrected chi connectivity index (χ2v) is 6.78. The number of benzene rings is 1. The number of carboxylic acid groups (broad SMARTS) is 1. The number of hydrogen-bond donors (Lipinski definition) is 4. The first-order valence-corrected chi connectivity index (χ1v) is 9.16. The van der Waals surface area contributed by atoms with Crippen LogP contribution in [0.25, 0.3) is 11.3 Å². The maximum absolute atomic E-state index is 12.6. The SMILES string of the molecule is CC(C)[C@H](NC(=O)[C@H](C)N)C(=O)N[C@@H](C)c1ncc(-c2ccccc2)o1.O=CO. The van der Waals surface area contributed by atoms with E-state index in [-0.39, 0.29) is 24.2 Å². The molecule has 158 valence electrons. The second kappa shape index (κ2) is 11.6. The van der Waals surface area contributed by atoms with Crippen LogP contribution in [0.2, 0.25) is 0 Å². The first-order chi connectivity index (χ1) is 13.7. The summed E-state index contributed by atoms with van der Waals surface area (Å²) in [5.41, 5.74) is 6.48. The van der Waals surface area contributed by atoms with Crippen LogP contribution in [0.15, 0.2) is 40.9 Å². The van der Waals surface area contributed by atoms with Gasteiger partial charge >= 0.3 is 0 Å². The van der Waals surface area contributed by atoms with Crippen LogP contribution in [-0.4, -0.2) is 40.5 Å². The Bertz CT molecular complexity index is 789. The molecule has 0 aliphatic rings. The van der Waals surface area contributed by atoms with Crippen LogP contribution in [0.3, 0.4) is 0 Å². The van der Waals surface area contributed by atoms with Gasteiger partial charge in [-0.1, -0.05) is 44.2 Å². The summed E-state index contributed by atoms with van der Waals surface area (Å²) >= 11 is 0. The van der Waals surface area contributed by atoms with Gasteiger partial charge in [0.05, 0.1) is 12.2 Å². The Morgan fingerprint density at radius 2 is 1.69 bits per heavy atom. The van der Waals surface area contributed by atoms with Gasteiger partial charge in [0.2, 0.25) is 17.7 Å². The summed E-state index contributed by atoms with van der Waals surface area (Å²) in [6.07, 6.45) is 1.63. The standard InChI is InChI=1S/C19H26N4O3.CH2O2/c1-11(2)16(23-17(24)12(3)20)18(25)22-13(4)19-21-10-15(26-19)14-8-6-5-7-9-14;2-1-3/h5-13,16H,20H2,1-4H3,(H,22,25)(H,23,24);1H,(H,2,3)/t12-,13-,16-;/m0./s1. The topological polar surface area (TPSA) is 148 Å². The Balaban J connectivity index is 0.00000132. The fourth-order valence-electron chi connectivity index (χ4n) is 2.41. The minimum absolute atomic E-state index is 0.0886. The smallest absolute Gasteiger partial charge is 0.290 e. The van der Waals surface area contributed by atoms with Gasteiger partial charge in [0.25, 0.3) is 6.47 Å². The van der Waals surface area contributed by atoms with E-state index >= 15 is 0 Å². The number of oxazole rings is 1. The van der Waals surface area contributed by atoms with E-state index in [9.17, 15) is 9.59 Å². The van der Waals surface area contributed by atoms with Gasteiger partial charge in [0.15, 0.2) is 5.76 Å². The molecule has 2 rings (SSSR count). The monoisotopic (exact) mass is 404 g/mol. The van der Waals surface area contributed by atoms with Crippen LogP contribution in [-0.2, 0) is 14.4 Å². The number of aromatic nitrogens is 1. The molecule has 0 aliphatic heterocycles. The van der Waals surface area contributed by atoms with E-state index in [1.54, 1.807) is 20.0 Å². The molecule has 1 heterocycles. The zero-order valence-corrected chi connectivity index (χ0v) is 17.0. The Labute approximate surface area is 169 Å². The van der Waals surface area contributed by atoms with Crippen molar-refractivity contribution >= 4 is 18.3 Å². The van der Waals surface area contributed by atoms with E-state index in [4.69, 9.17) is 20.1 Å². The number of nitrogens with two attached hydrogens (primary N) is 1. The number of hydrogen-bond acceptors (Lipinski definition) is 6. The highest BCUT2D eigenvalue weighted by Gasteiger charge is 2.27. The van der Waals surface area contributed by atoms with Crippen LogP contribution in [0.4, 0.5) is 0 Å². The summed E-state index contributed by atoms with van der Waals surface area (Å²) < 4.78 is 5.76. The molecule has 5 N–H and O–H groups in total. The van der Waals surface area contributed by atoms with E-state index in [1.807, 2.05) is 44.2 Å². The number of carbonyl (C=O) groups excluding carboxylic acids is 2. The number of nitrogens with one attached hydrogen (secondary N) is 2. The average Bonchev–Trinajstić information content (AvgIpc) is 3.17. The highest BCUT2D eigenvalue weighted by molar-refractivity contribution is 5.89. The Morgan fingerprint density at radius 3 is 2.21 bits per heavy atom. The molecule has 9 nitrogen and oxygen atoms in total. The third kappa shape index (κ3) is 7.38. The largest absolute Gasteiger partial charge is 0.483 e. The Hall–Kier alpha value is -3.20. The normalized spacial score (nSPS) is 13.4. The Kier molecular flexibility index (Phi) is 9.54. The van der Waals surface area contributed by atoms with Crippen molar-refractivity contribution in [3.05, 3.63) is 42.4 Å². The Morgan fingerprint density at radius 1 is 1.10 bits per heavy atom. The lowest BCUT2D eigenvalue weighted by molar-refractivity contribution is -0.131.